The van der Waals surface area contributed by atoms with E-state index in [-0.39, 0.29) is 35.5 Å². The molecule has 1 N–H and O–H groups in total. The number of carbonyl (C=O) groups is 2. The Kier molecular flexibility index (Phi) is 12.3. The third kappa shape index (κ3) is 9.06. The van der Waals surface area contributed by atoms with Crippen LogP contribution >= 0.6 is 23.2 Å². The molecule has 2 atom stereocenters. The van der Waals surface area contributed by atoms with E-state index in [0.29, 0.717) is 27.8 Å². The molecule has 0 unspecified atom stereocenters. The molecule has 0 heterocycles. The maximum atomic E-state index is 14.6. The Morgan fingerprint density at radius 1 is 0.872 bits per heavy atom. The SMILES string of the molecule is CC[C@@H](C)NC(=O)[C@H](Cc1ccccc1)N(Cc1c(Cl)cccc1Cl)C(=O)CN(c1ccc(OC)cc1)S(=O)(=O)c1ccc(C)cc1. The summed E-state index contributed by atoms with van der Waals surface area (Å²) in [5, 5.41) is 3.65. The summed E-state index contributed by atoms with van der Waals surface area (Å²) in [5.41, 5.74) is 2.39. The van der Waals surface area contributed by atoms with E-state index in [9.17, 15) is 18.0 Å². The van der Waals surface area contributed by atoms with Crippen molar-refractivity contribution >= 4 is 50.7 Å². The van der Waals surface area contributed by atoms with E-state index in [1.54, 1.807) is 54.6 Å². The van der Waals surface area contributed by atoms with Crippen LogP contribution in [0.5, 0.6) is 5.75 Å². The van der Waals surface area contributed by atoms with Crippen LogP contribution in [0.15, 0.2) is 102 Å². The highest BCUT2D eigenvalue weighted by Crippen LogP contribution is 2.30. The fourth-order valence-corrected chi connectivity index (χ4v) is 6.89. The number of nitrogens with one attached hydrogen (secondary N) is 1. The molecular formula is C36H39Cl2N3O5S. The second kappa shape index (κ2) is 16.2. The van der Waals surface area contributed by atoms with Crippen LogP contribution in [0.2, 0.25) is 10.0 Å². The summed E-state index contributed by atoms with van der Waals surface area (Å²) >= 11 is 13.2. The van der Waals surface area contributed by atoms with Crippen LogP contribution in [0.1, 0.15) is 37.0 Å². The lowest BCUT2D eigenvalue weighted by molar-refractivity contribution is -0.140. The van der Waals surface area contributed by atoms with Gasteiger partial charge >= 0.3 is 0 Å². The smallest absolute Gasteiger partial charge is 0.264 e. The maximum absolute atomic E-state index is 14.6. The number of sulfonamides is 1. The molecular weight excluding hydrogens is 657 g/mol. The Balaban J connectivity index is 1.84. The molecule has 11 heteroatoms. The number of aryl methyl sites for hydroxylation is 1. The summed E-state index contributed by atoms with van der Waals surface area (Å²) in [6.07, 6.45) is 0.846. The first-order valence-corrected chi connectivity index (χ1v) is 17.4. The Morgan fingerprint density at radius 2 is 1.49 bits per heavy atom. The zero-order valence-electron chi connectivity index (χ0n) is 26.8. The number of hydrogen-bond acceptors (Lipinski definition) is 5. The number of halogens is 2. The molecule has 4 rings (SSSR count). The molecule has 2 amide bonds. The molecule has 0 spiro atoms. The summed E-state index contributed by atoms with van der Waals surface area (Å²) in [6, 6.07) is 25.9. The summed E-state index contributed by atoms with van der Waals surface area (Å²) in [6.45, 7) is 4.95. The van der Waals surface area contributed by atoms with Crippen LogP contribution in [-0.2, 0) is 32.6 Å². The Hall–Kier alpha value is -4.05. The van der Waals surface area contributed by atoms with Crippen molar-refractivity contribution < 1.29 is 22.7 Å². The zero-order valence-corrected chi connectivity index (χ0v) is 29.1. The number of ether oxygens (including phenoxy) is 1. The van der Waals surface area contributed by atoms with E-state index < -0.39 is 28.5 Å². The highest BCUT2D eigenvalue weighted by molar-refractivity contribution is 7.92. The minimum absolute atomic E-state index is 0.0164. The second-order valence-corrected chi connectivity index (χ2v) is 13.9. The average molecular weight is 697 g/mol. The van der Waals surface area contributed by atoms with Crippen LogP contribution < -0.4 is 14.4 Å². The lowest BCUT2D eigenvalue weighted by atomic mass is 10.0. The van der Waals surface area contributed by atoms with Crippen LogP contribution in [0.25, 0.3) is 0 Å². The normalized spacial score (nSPS) is 12.6. The number of hydrogen-bond donors (Lipinski definition) is 1. The first-order valence-electron chi connectivity index (χ1n) is 15.2. The number of anilines is 1. The van der Waals surface area contributed by atoms with Gasteiger partial charge in [-0.2, -0.15) is 0 Å². The van der Waals surface area contributed by atoms with E-state index in [1.807, 2.05) is 51.1 Å². The third-order valence-corrected chi connectivity index (χ3v) is 10.4. The Morgan fingerprint density at radius 3 is 2.06 bits per heavy atom. The summed E-state index contributed by atoms with van der Waals surface area (Å²) in [7, 11) is -2.74. The van der Waals surface area contributed by atoms with Crippen molar-refractivity contribution in [3.05, 3.63) is 124 Å². The van der Waals surface area contributed by atoms with E-state index in [1.165, 1.54) is 24.1 Å². The molecule has 248 valence electrons. The lowest BCUT2D eigenvalue weighted by Gasteiger charge is -2.34. The Labute approximate surface area is 287 Å². The molecule has 0 aromatic heterocycles. The fourth-order valence-electron chi connectivity index (χ4n) is 4.96. The van der Waals surface area contributed by atoms with Crippen LogP contribution in [0.4, 0.5) is 5.69 Å². The molecule has 0 bridgehead atoms. The van der Waals surface area contributed by atoms with Gasteiger partial charge in [-0.05, 0) is 74.4 Å². The predicted octanol–water partition coefficient (Wildman–Crippen LogP) is 7.06. The molecule has 47 heavy (non-hydrogen) atoms. The highest BCUT2D eigenvalue weighted by atomic mass is 35.5. The molecule has 0 aliphatic carbocycles. The van der Waals surface area contributed by atoms with Gasteiger partial charge in [-0.1, -0.05) is 84.2 Å². The fraction of sp³-hybridized carbons (Fsp3) is 0.278. The van der Waals surface area contributed by atoms with Gasteiger partial charge in [-0.15, -0.1) is 0 Å². The number of benzene rings is 4. The van der Waals surface area contributed by atoms with Crippen molar-refractivity contribution in [2.45, 2.75) is 57.1 Å². The van der Waals surface area contributed by atoms with E-state index in [0.717, 1.165) is 15.4 Å². The van der Waals surface area contributed by atoms with E-state index in [4.69, 9.17) is 27.9 Å². The van der Waals surface area contributed by atoms with Crippen LogP contribution in [0.3, 0.4) is 0 Å². The highest BCUT2D eigenvalue weighted by Gasteiger charge is 2.35. The largest absolute Gasteiger partial charge is 0.497 e. The number of nitrogens with zero attached hydrogens (tertiary/aromatic N) is 2. The van der Waals surface area contributed by atoms with Crippen molar-refractivity contribution in [2.24, 2.45) is 0 Å². The topological polar surface area (TPSA) is 96.0 Å². The number of carbonyl (C=O) groups excluding carboxylic acids is 2. The minimum atomic E-state index is -4.24. The average Bonchev–Trinajstić information content (AvgIpc) is 3.06. The van der Waals surface area contributed by atoms with Crippen molar-refractivity contribution in [3.63, 3.8) is 0 Å². The molecule has 0 radical (unpaired) electrons. The van der Waals surface area contributed by atoms with Gasteiger partial charge in [0.25, 0.3) is 10.0 Å². The van der Waals surface area contributed by atoms with Gasteiger partial charge < -0.3 is 15.0 Å². The molecule has 0 saturated heterocycles. The number of amides is 2. The molecule has 0 fully saturated rings. The van der Waals surface area contributed by atoms with Crippen molar-refractivity contribution in [3.8, 4) is 5.75 Å². The van der Waals surface area contributed by atoms with E-state index in [2.05, 4.69) is 5.32 Å². The van der Waals surface area contributed by atoms with Gasteiger partial charge in [0, 0.05) is 34.6 Å². The first-order chi connectivity index (χ1) is 22.4. The van der Waals surface area contributed by atoms with Gasteiger partial charge in [0.15, 0.2) is 0 Å². The lowest BCUT2D eigenvalue weighted by Crippen LogP contribution is -2.54. The third-order valence-electron chi connectivity index (χ3n) is 7.91. The van der Waals surface area contributed by atoms with Crippen LogP contribution in [-0.4, -0.2) is 50.9 Å². The van der Waals surface area contributed by atoms with Crippen molar-refractivity contribution in [1.82, 2.24) is 10.2 Å². The molecule has 0 saturated carbocycles. The maximum Gasteiger partial charge on any atom is 0.264 e. The monoisotopic (exact) mass is 695 g/mol. The van der Waals surface area contributed by atoms with Gasteiger partial charge in [0.2, 0.25) is 11.8 Å². The summed E-state index contributed by atoms with van der Waals surface area (Å²) in [4.78, 5) is 30.0. The Bertz CT molecular complexity index is 1750. The minimum Gasteiger partial charge on any atom is -0.497 e. The van der Waals surface area contributed by atoms with Gasteiger partial charge in [0.05, 0.1) is 17.7 Å². The van der Waals surface area contributed by atoms with Gasteiger partial charge in [0.1, 0.15) is 18.3 Å². The van der Waals surface area contributed by atoms with Gasteiger partial charge in [-0.3, -0.25) is 13.9 Å². The van der Waals surface area contributed by atoms with E-state index >= 15 is 0 Å². The van der Waals surface area contributed by atoms with Gasteiger partial charge in [-0.25, -0.2) is 8.42 Å². The summed E-state index contributed by atoms with van der Waals surface area (Å²) < 4.78 is 34.7. The first kappa shape index (κ1) is 35.8. The quantitative estimate of drug-likeness (QED) is 0.152. The number of methoxy groups -OCH3 is 1. The zero-order chi connectivity index (χ0) is 34.1. The molecule has 4 aromatic carbocycles. The summed E-state index contributed by atoms with van der Waals surface area (Å²) in [5.74, 6) is -0.475. The molecule has 0 aliphatic heterocycles. The standard InChI is InChI=1S/C36H39Cl2N3O5S/c1-5-26(3)39-36(43)34(22-27-10-7-6-8-11-27)40(23-31-32(37)12-9-13-33(31)38)35(42)24-41(28-16-18-29(46-4)19-17-28)47(44,45)30-20-14-25(2)15-21-30/h6-21,26,34H,5,22-24H2,1-4H3,(H,39,43)/t26-,34+/m1/s1. The number of rotatable bonds is 14. The molecule has 4 aromatic rings. The molecule has 0 aliphatic rings. The molecule has 8 nitrogen and oxygen atoms in total. The predicted molar refractivity (Wildman–Crippen MR) is 188 cm³/mol. The van der Waals surface area contributed by atoms with Crippen molar-refractivity contribution in [1.29, 1.82) is 0 Å². The second-order valence-electron chi connectivity index (χ2n) is 11.3. The van der Waals surface area contributed by atoms with Crippen LogP contribution in [0, 0.1) is 6.92 Å². The van der Waals surface area contributed by atoms with Crippen molar-refractivity contribution in [2.75, 3.05) is 18.0 Å².